The van der Waals surface area contributed by atoms with E-state index in [1.165, 1.54) is 0 Å². The lowest BCUT2D eigenvalue weighted by atomic mass is 10.1. The zero-order valence-corrected chi connectivity index (χ0v) is 11.1. The molecule has 1 aromatic heterocycles. The quantitative estimate of drug-likeness (QED) is 0.801. The number of amides is 1. The molecule has 5 heteroatoms. The molecule has 0 aliphatic heterocycles. The summed E-state index contributed by atoms with van der Waals surface area (Å²) in [5.41, 5.74) is 0. The predicted octanol–water partition coefficient (Wildman–Crippen LogP) is 0.900. The lowest BCUT2D eigenvalue weighted by Crippen LogP contribution is -2.36. The predicted molar refractivity (Wildman–Crippen MR) is 67.7 cm³/mol. The van der Waals surface area contributed by atoms with E-state index >= 15 is 0 Å². The second kappa shape index (κ2) is 6.39. The molecule has 1 rings (SSSR count). The van der Waals surface area contributed by atoms with Gasteiger partial charge in [-0.2, -0.15) is 5.10 Å². The van der Waals surface area contributed by atoms with Gasteiger partial charge in [0, 0.05) is 45.5 Å². The van der Waals surface area contributed by atoms with Crippen molar-refractivity contribution in [2.75, 3.05) is 20.6 Å². The molecule has 0 saturated heterocycles. The van der Waals surface area contributed by atoms with E-state index in [9.17, 15) is 4.79 Å². The molecule has 0 fully saturated rings. The van der Waals surface area contributed by atoms with Gasteiger partial charge in [-0.25, -0.2) is 0 Å². The van der Waals surface area contributed by atoms with E-state index in [4.69, 9.17) is 0 Å². The molecule has 0 aromatic carbocycles. The molecule has 1 N–H and O–H groups in total. The van der Waals surface area contributed by atoms with Crippen LogP contribution in [0.2, 0.25) is 0 Å². The van der Waals surface area contributed by atoms with Crippen LogP contribution in [0.25, 0.3) is 0 Å². The van der Waals surface area contributed by atoms with Gasteiger partial charge < -0.3 is 10.2 Å². The minimum Gasteiger partial charge on any atom is -0.349 e. The van der Waals surface area contributed by atoms with Gasteiger partial charge >= 0.3 is 0 Å². The molecule has 0 saturated carbocycles. The molecular formula is C12H22N4O. The summed E-state index contributed by atoms with van der Waals surface area (Å²) in [6.07, 6.45) is 4.26. The van der Waals surface area contributed by atoms with Crippen molar-refractivity contribution in [3.63, 3.8) is 0 Å². The van der Waals surface area contributed by atoms with Crippen LogP contribution in [0.15, 0.2) is 18.5 Å². The number of carbonyl (C=O) groups is 1. The van der Waals surface area contributed by atoms with E-state index in [1.807, 2.05) is 16.9 Å². The van der Waals surface area contributed by atoms with Crippen molar-refractivity contribution >= 4 is 5.91 Å². The molecular weight excluding hydrogens is 216 g/mol. The fourth-order valence-corrected chi connectivity index (χ4v) is 1.55. The zero-order chi connectivity index (χ0) is 12.8. The zero-order valence-electron chi connectivity index (χ0n) is 11.1. The van der Waals surface area contributed by atoms with Gasteiger partial charge in [0.15, 0.2) is 0 Å². The lowest BCUT2D eigenvalue weighted by Gasteiger charge is -2.22. The van der Waals surface area contributed by atoms with E-state index in [2.05, 4.69) is 24.3 Å². The maximum Gasteiger partial charge on any atom is 0.223 e. The van der Waals surface area contributed by atoms with Crippen LogP contribution in [-0.2, 0) is 4.79 Å². The van der Waals surface area contributed by atoms with Crippen molar-refractivity contribution in [3.8, 4) is 0 Å². The van der Waals surface area contributed by atoms with Crippen molar-refractivity contribution in [1.82, 2.24) is 20.0 Å². The number of aromatic nitrogens is 2. The molecule has 0 radical (unpaired) electrons. The fraction of sp³-hybridized carbons (Fsp3) is 0.667. The van der Waals surface area contributed by atoms with Gasteiger partial charge in [-0.1, -0.05) is 0 Å². The van der Waals surface area contributed by atoms with Crippen molar-refractivity contribution < 1.29 is 4.79 Å². The number of rotatable bonds is 6. The standard InChI is InChI=1S/C12H22N4O/c1-10(11(2)16-9-5-7-14-16)13-8-6-12(17)15(3)4/h5,7,9-11,13H,6,8H2,1-4H3/t10-,11-/m0/s1. The molecule has 5 nitrogen and oxygen atoms in total. The summed E-state index contributed by atoms with van der Waals surface area (Å²) in [6.45, 7) is 4.91. The smallest absolute Gasteiger partial charge is 0.223 e. The van der Waals surface area contributed by atoms with Crippen LogP contribution < -0.4 is 5.32 Å². The van der Waals surface area contributed by atoms with Crippen molar-refractivity contribution in [2.24, 2.45) is 0 Å². The largest absolute Gasteiger partial charge is 0.349 e. The molecule has 1 amide bonds. The first-order valence-corrected chi connectivity index (χ1v) is 5.95. The third-order valence-corrected chi connectivity index (χ3v) is 2.97. The molecule has 96 valence electrons. The fourth-order valence-electron chi connectivity index (χ4n) is 1.55. The summed E-state index contributed by atoms with van der Waals surface area (Å²) >= 11 is 0. The van der Waals surface area contributed by atoms with Crippen LogP contribution in [0.4, 0.5) is 0 Å². The van der Waals surface area contributed by atoms with Crippen LogP contribution in [0.5, 0.6) is 0 Å². The third-order valence-electron chi connectivity index (χ3n) is 2.97. The molecule has 1 aromatic rings. The van der Waals surface area contributed by atoms with Gasteiger partial charge in [-0.15, -0.1) is 0 Å². The highest BCUT2D eigenvalue weighted by atomic mass is 16.2. The molecule has 17 heavy (non-hydrogen) atoms. The maximum absolute atomic E-state index is 11.4. The van der Waals surface area contributed by atoms with E-state index in [1.54, 1.807) is 25.2 Å². The van der Waals surface area contributed by atoms with E-state index in [0.717, 1.165) is 0 Å². The van der Waals surface area contributed by atoms with Crippen LogP contribution >= 0.6 is 0 Å². The highest BCUT2D eigenvalue weighted by molar-refractivity contribution is 5.75. The average Bonchev–Trinajstić information content (AvgIpc) is 2.80. The molecule has 0 aliphatic rings. The minimum atomic E-state index is 0.149. The monoisotopic (exact) mass is 238 g/mol. The molecule has 0 unspecified atom stereocenters. The Labute approximate surface area is 103 Å². The van der Waals surface area contributed by atoms with Crippen molar-refractivity contribution in [3.05, 3.63) is 18.5 Å². The topological polar surface area (TPSA) is 50.2 Å². The molecule has 0 bridgehead atoms. The Kier molecular flexibility index (Phi) is 5.15. The Hall–Kier alpha value is -1.36. The Bertz CT molecular complexity index is 334. The summed E-state index contributed by atoms with van der Waals surface area (Å²) in [5.74, 6) is 0.149. The van der Waals surface area contributed by atoms with Gasteiger partial charge in [-0.3, -0.25) is 9.48 Å². The maximum atomic E-state index is 11.4. The summed E-state index contributed by atoms with van der Waals surface area (Å²) in [6, 6.07) is 2.48. The summed E-state index contributed by atoms with van der Waals surface area (Å²) in [5, 5.41) is 7.56. The van der Waals surface area contributed by atoms with Crippen LogP contribution in [0.1, 0.15) is 26.3 Å². The highest BCUT2D eigenvalue weighted by Gasteiger charge is 2.13. The number of hydrogen-bond acceptors (Lipinski definition) is 3. The SMILES string of the molecule is C[C@H](NCCC(=O)N(C)C)[C@H](C)n1cccn1. The van der Waals surface area contributed by atoms with Crippen LogP contribution in [-0.4, -0.2) is 47.3 Å². The van der Waals surface area contributed by atoms with Crippen molar-refractivity contribution in [1.29, 1.82) is 0 Å². The van der Waals surface area contributed by atoms with Crippen molar-refractivity contribution in [2.45, 2.75) is 32.4 Å². The molecule has 2 atom stereocenters. The number of hydrogen-bond donors (Lipinski definition) is 1. The average molecular weight is 238 g/mol. The lowest BCUT2D eigenvalue weighted by molar-refractivity contribution is -0.128. The van der Waals surface area contributed by atoms with E-state index in [0.29, 0.717) is 13.0 Å². The number of nitrogens with zero attached hydrogens (tertiary/aromatic N) is 3. The summed E-state index contributed by atoms with van der Waals surface area (Å²) < 4.78 is 1.92. The molecule has 0 spiro atoms. The Morgan fingerprint density at radius 3 is 2.71 bits per heavy atom. The van der Waals surface area contributed by atoms with Gasteiger partial charge in [0.25, 0.3) is 0 Å². The van der Waals surface area contributed by atoms with Gasteiger partial charge in [0.05, 0.1) is 6.04 Å². The first-order valence-electron chi connectivity index (χ1n) is 5.95. The number of nitrogens with one attached hydrogen (secondary N) is 1. The molecule has 1 heterocycles. The summed E-state index contributed by atoms with van der Waals surface area (Å²) in [4.78, 5) is 13.0. The van der Waals surface area contributed by atoms with Gasteiger partial charge in [-0.05, 0) is 19.9 Å². The van der Waals surface area contributed by atoms with Crippen LogP contribution in [0.3, 0.4) is 0 Å². The third kappa shape index (κ3) is 4.19. The second-order valence-corrected chi connectivity index (χ2v) is 4.51. The first-order chi connectivity index (χ1) is 8.02. The van der Waals surface area contributed by atoms with Crippen LogP contribution in [0, 0.1) is 0 Å². The normalized spacial score (nSPS) is 14.4. The first kappa shape index (κ1) is 13.7. The second-order valence-electron chi connectivity index (χ2n) is 4.51. The molecule has 0 aliphatic carbocycles. The van der Waals surface area contributed by atoms with Gasteiger partial charge in [0.2, 0.25) is 5.91 Å². The minimum absolute atomic E-state index is 0.149. The Morgan fingerprint density at radius 2 is 2.18 bits per heavy atom. The van der Waals surface area contributed by atoms with E-state index < -0.39 is 0 Å². The number of carbonyl (C=O) groups excluding carboxylic acids is 1. The highest BCUT2D eigenvalue weighted by Crippen LogP contribution is 2.08. The van der Waals surface area contributed by atoms with Gasteiger partial charge in [0.1, 0.15) is 0 Å². The summed E-state index contributed by atoms with van der Waals surface area (Å²) in [7, 11) is 3.55. The Balaban J connectivity index is 2.30. The Morgan fingerprint density at radius 1 is 1.47 bits per heavy atom. The van der Waals surface area contributed by atoms with E-state index in [-0.39, 0.29) is 18.0 Å².